The molecule has 0 unspecified atom stereocenters. The fraction of sp³-hybridized carbons (Fsp3) is 0.178. The zero-order valence-electron chi connectivity index (χ0n) is 47.1. The molecule has 3 aromatic heterocycles. The number of imidazole rings is 1. The van der Waals surface area contributed by atoms with Crippen molar-refractivity contribution in [3.8, 4) is 50.9 Å². The summed E-state index contributed by atoms with van der Waals surface area (Å²) in [5, 5.41) is 2.40. The molecule has 79 heavy (non-hydrogen) atoms. The van der Waals surface area contributed by atoms with Crippen LogP contribution in [0.1, 0.15) is 84.7 Å². The number of fused-ring (bicyclic) bond motifs is 5. The van der Waals surface area contributed by atoms with Crippen molar-refractivity contribution in [3.63, 3.8) is 0 Å². The third kappa shape index (κ3) is 8.54. The molecular weight excluding hydrogens is 1160 g/mol. The number of benzene rings is 9. The molecule has 4 heterocycles. The van der Waals surface area contributed by atoms with Crippen LogP contribution in [0.25, 0.3) is 72.3 Å². The molecule has 0 atom stereocenters. The molecule has 0 aliphatic carbocycles. The molecule has 1 aliphatic heterocycles. The van der Waals surface area contributed by atoms with E-state index in [1.807, 2.05) is 6.20 Å². The van der Waals surface area contributed by atoms with Gasteiger partial charge in [-0.1, -0.05) is 111 Å². The zero-order chi connectivity index (χ0) is 54.6. The average molecular weight is 1220 g/mol. The number of ether oxygens (including phenoxy) is 1. The molecule has 0 N–H and O–H groups in total. The number of aromatic nitrogens is 4. The van der Waals surface area contributed by atoms with E-state index in [4.69, 9.17) is 9.72 Å². The van der Waals surface area contributed by atoms with E-state index in [1.54, 1.807) is 6.54 Å². The molecule has 5 nitrogen and oxygen atoms in total. The Kier molecular flexibility index (Phi) is 12.3. The summed E-state index contributed by atoms with van der Waals surface area (Å²) in [5.41, 5.74) is 22.7. The number of hydrogen-bond acceptors (Lipinski definition) is 2. The van der Waals surface area contributed by atoms with Crippen LogP contribution < -0.4 is 19.1 Å². The average Bonchev–Trinajstić information content (AvgIpc) is 4.21. The minimum absolute atomic E-state index is 0.0637. The van der Waals surface area contributed by atoms with Crippen molar-refractivity contribution in [1.82, 2.24) is 14.1 Å². The molecule has 0 amide bonds. The molecule has 0 fully saturated rings. The molecule has 1 aliphatic rings. The summed E-state index contributed by atoms with van der Waals surface area (Å²) in [7, 11) is 0. The molecule has 0 saturated carbocycles. The van der Waals surface area contributed by atoms with E-state index < -0.39 is 21.8 Å². The zero-order valence-corrected chi connectivity index (χ0v) is 50.6. The van der Waals surface area contributed by atoms with Gasteiger partial charge in [-0.15, -0.1) is 0 Å². The third-order valence-electron chi connectivity index (χ3n) is 16.4. The second kappa shape index (κ2) is 19.2. The Bertz CT molecular complexity index is 4260. The summed E-state index contributed by atoms with van der Waals surface area (Å²) in [6, 6.07) is 69.4. The Morgan fingerprint density at radius 1 is 0.544 bits per heavy atom. The Morgan fingerprint density at radius 2 is 1.14 bits per heavy atom. The Balaban J connectivity index is 0.976. The maximum atomic E-state index is 7.11. The first kappa shape index (κ1) is 50.6. The molecule has 0 spiro atoms. The quantitative estimate of drug-likeness (QED) is 0.0820. The molecule has 9 aromatic carbocycles. The molecule has 12 aromatic rings. The van der Waals surface area contributed by atoms with Gasteiger partial charge in [-0.25, -0.2) is 0 Å². The minimum atomic E-state index is -2.97. The first-order valence-corrected chi connectivity index (χ1v) is 32.8. The fourth-order valence-electron chi connectivity index (χ4n) is 12.9. The summed E-state index contributed by atoms with van der Waals surface area (Å²) >= 11 is -2.97. The van der Waals surface area contributed by atoms with Crippen molar-refractivity contribution >= 4 is 64.4 Å². The molecular formula is C73H65BiN4O. The molecule has 0 radical (unpaired) electrons. The number of rotatable bonds is 9. The van der Waals surface area contributed by atoms with Gasteiger partial charge in [0.05, 0.1) is 16.7 Å². The van der Waals surface area contributed by atoms with Crippen LogP contribution in [0.5, 0.6) is 11.5 Å². The summed E-state index contributed by atoms with van der Waals surface area (Å²) in [6.07, 6.45) is 5.92. The molecule has 13 rings (SSSR count). The van der Waals surface area contributed by atoms with E-state index in [9.17, 15) is 0 Å². The van der Waals surface area contributed by atoms with Gasteiger partial charge in [-0.2, -0.15) is 0 Å². The third-order valence-corrected chi connectivity index (χ3v) is 28.5. The Morgan fingerprint density at radius 3 is 1.76 bits per heavy atom. The molecule has 0 saturated heterocycles. The molecule has 388 valence electrons. The van der Waals surface area contributed by atoms with Crippen molar-refractivity contribution in [2.24, 2.45) is 0 Å². The summed E-state index contributed by atoms with van der Waals surface area (Å²) in [4.78, 5) is 5.12. The topological polar surface area (TPSA) is 35.9 Å². The van der Waals surface area contributed by atoms with Gasteiger partial charge in [0.1, 0.15) is 0 Å². The second-order valence-corrected chi connectivity index (χ2v) is 31.6. The number of aryl methyl sites for hydroxylation is 6. The van der Waals surface area contributed by atoms with Crippen LogP contribution >= 0.6 is 0 Å². The first-order chi connectivity index (χ1) is 38.0. The van der Waals surface area contributed by atoms with E-state index in [-0.39, 0.29) is 10.8 Å². The summed E-state index contributed by atoms with van der Waals surface area (Å²) in [5.74, 6) is 2.41. The van der Waals surface area contributed by atoms with Gasteiger partial charge in [-0.3, -0.25) is 4.57 Å². The SMILES string of the molecule is Cc1cc(C)[c]([Bi]([c]2ccc3c(c2)c2ccc(Oc4ccc5c(c4)-n4[c-][n+](-c6c(-c7ccccc7)cccc6-c6ccccc6)c6cccc(c64)C5(C)C)cc2n3-c2cc(C(C)(C)C)ccn2)[c]2c(C)cc(C)cc2C)c(C)c1. The van der Waals surface area contributed by atoms with Crippen molar-refractivity contribution in [2.45, 2.75) is 87.0 Å². The Labute approximate surface area is 473 Å². The van der Waals surface area contributed by atoms with Crippen LogP contribution in [-0.2, 0) is 10.8 Å². The maximum absolute atomic E-state index is 7.11. The Hall–Kier alpha value is -7.92. The van der Waals surface area contributed by atoms with Crippen LogP contribution in [0.15, 0.2) is 194 Å². The molecule has 6 heteroatoms. The van der Waals surface area contributed by atoms with Crippen molar-refractivity contribution in [2.75, 3.05) is 0 Å². The van der Waals surface area contributed by atoms with E-state index in [2.05, 4.69) is 284 Å². The van der Waals surface area contributed by atoms with Crippen molar-refractivity contribution in [1.29, 1.82) is 0 Å². The van der Waals surface area contributed by atoms with Crippen LogP contribution in [-0.4, -0.2) is 35.9 Å². The van der Waals surface area contributed by atoms with Gasteiger partial charge in [0.15, 0.2) is 0 Å². The van der Waals surface area contributed by atoms with E-state index in [1.165, 1.54) is 64.1 Å². The number of para-hydroxylation sites is 2. The first-order valence-electron chi connectivity index (χ1n) is 27.6. The van der Waals surface area contributed by atoms with Gasteiger partial charge in [-0.05, 0) is 27.8 Å². The van der Waals surface area contributed by atoms with Gasteiger partial charge in [0.2, 0.25) is 0 Å². The second-order valence-electron chi connectivity index (χ2n) is 23.5. The van der Waals surface area contributed by atoms with Gasteiger partial charge in [0, 0.05) is 5.41 Å². The van der Waals surface area contributed by atoms with E-state index in [0.29, 0.717) is 0 Å². The standard InChI is InChI=1S/C55H43N4O.2C9H11.Bi/c1-54(2,3)38-30-31-56-51(32-38)59-47-24-13-12-20-43(47)44-28-26-39(33-49(44)59)60-40-27-29-45-50(34-40)58-35-57(48-25-15-23-46(53(48)58)55(45,4)5)52-41(36-16-8-6-9-17-36)21-14-22-42(52)37-18-10-7-11-19-37;2*1-7-4-8(2)6-9(3)5-7;/h6-11,13-34H,1-5H3;2*4-5H,1-3H3;. The summed E-state index contributed by atoms with van der Waals surface area (Å²) in [6.45, 7) is 25.3. The van der Waals surface area contributed by atoms with Gasteiger partial charge < -0.3 is 0 Å². The van der Waals surface area contributed by atoms with Crippen LogP contribution in [0, 0.1) is 47.9 Å². The number of nitrogens with zero attached hydrogens (tertiary/aromatic N) is 4. The number of pyridine rings is 1. The van der Waals surface area contributed by atoms with Crippen LogP contribution in [0.3, 0.4) is 0 Å². The van der Waals surface area contributed by atoms with E-state index in [0.717, 1.165) is 73.0 Å². The monoisotopic (exact) mass is 1220 g/mol. The normalized spacial score (nSPS) is 13.0. The van der Waals surface area contributed by atoms with Gasteiger partial charge in [0.25, 0.3) is 6.33 Å². The predicted octanol–water partition coefficient (Wildman–Crippen LogP) is 15.6. The van der Waals surface area contributed by atoms with Crippen molar-refractivity contribution in [3.05, 3.63) is 251 Å². The molecule has 0 bridgehead atoms. The van der Waals surface area contributed by atoms with Crippen molar-refractivity contribution < 1.29 is 9.30 Å². The predicted molar refractivity (Wildman–Crippen MR) is 330 cm³/mol. The van der Waals surface area contributed by atoms with Crippen LogP contribution in [0.4, 0.5) is 0 Å². The fourth-order valence-corrected chi connectivity index (χ4v) is 24.2. The summed E-state index contributed by atoms with van der Waals surface area (Å²) < 4.78 is 18.7. The number of hydrogen-bond donors (Lipinski definition) is 0. The van der Waals surface area contributed by atoms with Gasteiger partial charge >= 0.3 is 305 Å². The van der Waals surface area contributed by atoms with E-state index >= 15 is 0 Å². The van der Waals surface area contributed by atoms with Crippen LogP contribution in [0.2, 0.25) is 0 Å².